The molecule has 0 aliphatic heterocycles. The van der Waals surface area contributed by atoms with E-state index in [-0.39, 0.29) is 12.2 Å². The topological polar surface area (TPSA) is 31.2 Å². The second kappa shape index (κ2) is 4.00. The molecule has 0 atom stereocenters. The third-order valence-electron chi connectivity index (χ3n) is 2.44. The quantitative estimate of drug-likeness (QED) is 0.733. The standard InChI is InChI=1S/C13H15NO2/c1-9(2)16-13(15)14-8-10(3)11-6-4-5-7-12(11)14/h4-9H,1-3H3. The number of fused-ring (bicyclic) bond motifs is 1. The molecule has 0 fully saturated rings. The van der Waals surface area contributed by atoms with E-state index in [1.165, 1.54) is 0 Å². The maximum Gasteiger partial charge on any atom is 0.418 e. The molecule has 1 aromatic carbocycles. The van der Waals surface area contributed by atoms with Gasteiger partial charge >= 0.3 is 6.09 Å². The van der Waals surface area contributed by atoms with Gasteiger partial charge in [0, 0.05) is 11.6 Å². The van der Waals surface area contributed by atoms with Crippen molar-refractivity contribution < 1.29 is 9.53 Å². The third kappa shape index (κ3) is 1.81. The Hall–Kier alpha value is -1.77. The van der Waals surface area contributed by atoms with Crippen molar-refractivity contribution in [2.75, 3.05) is 0 Å². The fourth-order valence-electron chi connectivity index (χ4n) is 1.76. The van der Waals surface area contributed by atoms with E-state index in [2.05, 4.69) is 0 Å². The summed E-state index contributed by atoms with van der Waals surface area (Å²) in [5, 5.41) is 1.09. The molecule has 0 saturated heterocycles. The van der Waals surface area contributed by atoms with Gasteiger partial charge in [-0.1, -0.05) is 18.2 Å². The number of hydrogen-bond acceptors (Lipinski definition) is 2. The highest BCUT2D eigenvalue weighted by Gasteiger charge is 2.13. The van der Waals surface area contributed by atoms with Crippen LogP contribution < -0.4 is 0 Å². The average Bonchev–Trinajstić information content (AvgIpc) is 2.56. The maximum atomic E-state index is 11.8. The predicted molar refractivity (Wildman–Crippen MR) is 63.7 cm³/mol. The number of benzene rings is 1. The van der Waals surface area contributed by atoms with Crippen molar-refractivity contribution in [1.82, 2.24) is 4.57 Å². The number of hydrogen-bond donors (Lipinski definition) is 0. The summed E-state index contributed by atoms with van der Waals surface area (Å²) in [6, 6.07) is 7.81. The van der Waals surface area contributed by atoms with Crippen LogP contribution in [0, 0.1) is 6.92 Å². The molecule has 0 aliphatic carbocycles. The van der Waals surface area contributed by atoms with Gasteiger partial charge in [0.1, 0.15) is 0 Å². The molecular formula is C13H15NO2. The Kier molecular flexibility index (Phi) is 2.69. The lowest BCUT2D eigenvalue weighted by Crippen LogP contribution is -2.17. The maximum absolute atomic E-state index is 11.8. The lowest BCUT2D eigenvalue weighted by atomic mass is 10.2. The lowest BCUT2D eigenvalue weighted by Gasteiger charge is -2.08. The number of nitrogens with zero attached hydrogens (tertiary/aromatic N) is 1. The number of carbonyl (C=O) groups is 1. The molecule has 0 radical (unpaired) electrons. The van der Waals surface area contributed by atoms with Crippen LogP contribution in [0.25, 0.3) is 10.9 Å². The zero-order valence-electron chi connectivity index (χ0n) is 9.73. The Labute approximate surface area is 94.6 Å². The molecule has 3 nitrogen and oxygen atoms in total. The second-order valence-corrected chi connectivity index (χ2v) is 4.13. The highest BCUT2D eigenvalue weighted by Crippen LogP contribution is 2.20. The summed E-state index contributed by atoms with van der Waals surface area (Å²) in [5.74, 6) is 0. The molecule has 2 aromatic rings. The minimum Gasteiger partial charge on any atom is -0.446 e. The molecule has 0 N–H and O–H groups in total. The van der Waals surface area contributed by atoms with E-state index >= 15 is 0 Å². The summed E-state index contributed by atoms with van der Waals surface area (Å²) < 4.78 is 6.74. The molecule has 0 unspecified atom stereocenters. The molecule has 3 heteroatoms. The van der Waals surface area contributed by atoms with Crippen LogP contribution in [0.5, 0.6) is 0 Å². The van der Waals surface area contributed by atoms with Crippen molar-refractivity contribution in [2.24, 2.45) is 0 Å². The van der Waals surface area contributed by atoms with Crippen LogP contribution in [0.2, 0.25) is 0 Å². The summed E-state index contributed by atoms with van der Waals surface area (Å²) in [6.45, 7) is 5.67. The van der Waals surface area contributed by atoms with Gasteiger partial charge in [-0.05, 0) is 32.4 Å². The van der Waals surface area contributed by atoms with Gasteiger partial charge in [0.25, 0.3) is 0 Å². The molecule has 0 spiro atoms. The van der Waals surface area contributed by atoms with Crippen LogP contribution in [-0.2, 0) is 4.74 Å². The Morgan fingerprint density at radius 1 is 1.31 bits per heavy atom. The smallest absolute Gasteiger partial charge is 0.418 e. The number of para-hydroxylation sites is 1. The van der Waals surface area contributed by atoms with Gasteiger partial charge in [-0.2, -0.15) is 0 Å². The van der Waals surface area contributed by atoms with E-state index in [0.717, 1.165) is 16.5 Å². The van der Waals surface area contributed by atoms with Gasteiger partial charge in [0.05, 0.1) is 11.6 Å². The molecular weight excluding hydrogens is 202 g/mol. The molecule has 1 aromatic heterocycles. The van der Waals surface area contributed by atoms with E-state index in [1.54, 1.807) is 4.57 Å². The zero-order chi connectivity index (χ0) is 11.7. The zero-order valence-corrected chi connectivity index (χ0v) is 9.73. The van der Waals surface area contributed by atoms with Crippen LogP contribution in [0.1, 0.15) is 19.4 Å². The van der Waals surface area contributed by atoms with Crippen LogP contribution >= 0.6 is 0 Å². The van der Waals surface area contributed by atoms with Gasteiger partial charge < -0.3 is 4.74 Å². The molecule has 84 valence electrons. The van der Waals surface area contributed by atoms with Crippen molar-refractivity contribution in [3.63, 3.8) is 0 Å². The van der Waals surface area contributed by atoms with Gasteiger partial charge in [0.15, 0.2) is 0 Å². The van der Waals surface area contributed by atoms with E-state index in [1.807, 2.05) is 51.2 Å². The fraction of sp³-hybridized carbons (Fsp3) is 0.308. The summed E-state index contributed by atoms with van der Waals surface area (Å²) in [6.07, 6.45) is 1.39. The molecule has 0 amide bonds. The van der Waals surface area contributed by atoms with E-state index in [9.17, 15) is 4.79 Å². The minimum atomic E-state index is -0.320. The highest BCUT2D eigenvalue weighted by atomic mass is 16.6. The Morgan fingerprint density at radius 3 is 2.69 bits per heavy atom. The highest BCUT2D eigenvalue weighted by molar-refractivity contribution is 5.91. The lowest BCUT2D eigenvalue weighted by molar-refractivity contribution is 0.118. The second-order valence-electron chi connectivity index (χ2n) is 4.13. The van der Waals surface area contributed by atoms with Gasteiger partial charge in [-0.3, -0.25) is 4.57 Å². The summed E-state index contributed by atoms with van der Waals surface area (Å²) >= 11 is 0. The van der Waals surface area contributed by atoms with Gasteiger partial charge in [0.2, 0.25) is 0 Å². The van der Waals surface area contributed by atoms with Crippen LogP contribution in [-0.4, -0.2) is 16.8 Å². The average molecular weight is 217 g/mol. The SMILES string of the molecule is Cc1cn(C(=O)OC(C)C)c2ccccc12. The van der Waals surface area contributed by atoms with Crippen LogP contribution in [0.15, 0.2) is 30.5 Å². The third-order valence-corrected chi connectivity index (χ3v) is 2.44. The Bertz CT molecular complexity index is 526. The summed E-state index contributed by atoms with van der Waals surface area (Å²) in [5.41, 5.74) is 1.97. The number of rotatable bonds is 1. The van der Waals surface area contributed by atoms with Crippen LogP contribution in [0.4, 0.5) is 4.79 Å². The number of aryl methyl sites for hydroxylation is 1. The first-order valence-corrected chi connectivity index (χ1v) is 5.37. The first-order chi connectivity index (χ1) is 7.59. The van der Waals surface area contributed by atoms with Gasteiger partial charge in [-0.25, -0.2) is 4.79 Å². The van der Waals surface area contributed by atoms with Gasteiger partial charge in [-0.15, -0.1) is 0 Å². The first kappa shape index (κ1) is 10.7. The van der Waals surface area contributed by atoms with Crippen molar-refractivity contribution in [2.45, 2.75) is 26.9 Å². The van der Waals surface area contributed by atoms with Crippen molar-refractivity contribution >= 4 is 17.0 Å². The van der Waals surface area contributed by atoms with E-state index in [4.69, 9.17) is 4.74 Å². The molecule has 16 heavy (non-hydrogen) atoms. The minimum absolute atomic E-state index is 0.103. The molecule has 0 bridgehead atoms. The molecule has 0 saturated carbocycles. The molecule has 2 rings (SSSR count). The fourth-order valence-corrected chi connectivity index (χ4v) is 1.76. The van der Waals surface area contributed by atoms with E-state index < -0.39 is 0 Å². The number of ether oxygens (including phenoxy) is 1. The Balaban J connectivity index is 2.49. The Morgan fingerprint density at radius 2 is 2.00 bits per heavy atom. The summed E-state index contributed by atoms with van der Waals surface area (Å²) in [7, 11) is 0. The monoisotopic (exact) mass is 217 g/mol. The molecule has 1 heterocycles. The molecule has 0 aliphatic rings. The van der Waals surface area contributed by atoms with Crippen molar-refractivity contribution in [3.8, 4) is 0 Å². The first-order valence-electron chi connectivity index (χ1n) is 5.37. The predicted octanol–water partition coefficient (Wildman–Crippen LogP) is 3.34. The number of aromatic nitrogens is 1. The van der Waals surface area contributed by atoms with Crippen molar-refractivity contribution in [3.05, 3.63) is 36.0 Å². The largest absolute Gasteiger partial charge is 0.446 e. The summed E-state index contributed by atoms with van der Waals surface area (Å²) in [4.78, 5) is 11.8. The normalized spacial score (nSPS) is 11.0. The van der Waals surface area contributed by atoms with E-state index in [0.29, 0.717) is 0 Å². The van der Waals surface area contributed by atoms with Crippen molar-refractivity contribution in [1.29, 1.82) is 0 Å². The number of carbonyl (C=O) groups excluding carboxylic acids is 1. The van der Waals surface area contributed by atoms with Crippen LogP contribution in [0.3, 0.4) is 0 Å².